The van der Waals surface area contributed by atoms with Gasteiger partial charge in [0.2, 0.25) is 0 Å². The Kier molecular flexibility index (Phi) is 9.84. The van der Waals surface area contributed by atoms with Crippen molar-refractivity contribution in [3.63, 3.8) is 0 Å². The van der Waals surface area contributed by atoms with Crippen molar-refractivity contribution in [3.05, 3.63) is 118 Å². The van der Waals surface area contributed by atoms with E-state index in [-0.39, 0.29) is 55.0 Å². The zero-order valence-corrected chi connectivity index (χ0v) is 30.5. The number of benzene rings is 3. The van der Waals surface area contributed by atoms with Gasteiger partial charge in [-0.25, -0.2) is 4.79 Å². The maximum atomic E-state index is 13.4. The third kappa shape index (κ3) is 6.64. The lowest BCUT2D eigenvalue weighted by Crippen LogP contribution is -2.44. The van der Waals surface area contributed by atoms with Gasteiger partial charge >= 0.3 is 11.7 Å². The average Bonchev–Trinajstić information content (AvgIpc) is 3.56. The molecule has 256 valence electrons. The van der Waals surface area contributed by atoms with Crippen molar-refractivity contribution >= 4 is 92.2 Å². The fraction of sp³-hybridized carbons (Fsp3) is 0.152. The van der Waals surface area contributed by atoms with E-state index in [1.807, 2.05) is 6.92 Å². The molecule has 50 heavy (non-hydrogen) atoms. The number of carbonyl (C=O) groups is 2. The highest BCUT2D eigenvalue weighted by atomic mass is 35.5. The first-order chi connectivity index (χ1) is 23.8. The molecule has 0 atom stereocenters. The van der Waals surface area contributed by atoms with Gasteiger partial charge in [0.25, 0.3) is 17.4 Å². The third-order valence-corrected chi connectivity index (χ3v) is 9.92. The first-order valence-corrected chi connectivity index (χ1v) is 16.9. The molecule has 1 saturated heterocycles. The lowest BCUT2D eigenvalue weighted by atomic mass is 10.1. The molecule has 2 aromatic heterocycles. The minimum absolute atomic E-state index is 0.0133. The van der Waals surface area contributed by atoms with E-state index in [1.165, 1.54) is 30.3 Å². The molecule has 0 aliphatic carbocycles. The summed E-state index contributed by atoms with van der Waals surface area (Å²) in [6.45, 7) is 1.90. The van der Waals surface area contributed by atoms with Crippen LogP contribution in [-0.2, 0) is 25.4 Å². The summed E-state index contributed by atoms with van der Waals surface area (Å²) in [5.41, 5.74) is 3.86. The second-order valence-electron chi connectivity index (χ2n) is 11.0. The summed E-state index contributed by atoms with van der Waals surface area (Å²) in [5, 5.41) is 2.04. The summed E-state index contributed by atoms with van der Waals surface area (Å²) < 4.78 is 15.7. The number of thiocarbonyl (C=S) groups is 1. The van der Waals surface area contributed by atoms with Gasteiger partial charge in [0, 0.05) is 24.1 Å². The number of aromatic nitrogens is 4. The van der Waals surface area contributed by atoms with Crippen LogP contribution < -0.4 is 26.1 Å². The number of hydrazine groups is 1. The van der Waals surface area contributed by atoms with E-state index in [9.17, 15) is 19.2 Å². The maximum absolute atomic E-state index is 13.4. The van der Waals surface area contributed by atoms with Gasteiger partial charge in [-0.3, -0.25) is 33.5 Å². The summed E-state index contributed by atoms with van der Waals surface area (Å²) in [6.07, 6.45) is 1.59. The number of amides is 2. The molecular formula is C33H25Cl3N6O6S2. The van der Waals surface area contributed by atoms with Gasteiger partial charge in [-0.2, -0.15) is 9.99 Å². The first-order valence-electron chi connectivity index (χ1n) is 14.6. The van der Waals surface area contributed by atoms with Gasteiger partial charge in [0.1, 0.15) is 0 Å². The van der Waals surface area contributed by atoms with Gasteiger partial charge in [-0.1, -0.05) is 64.8 Å². The minimum Gasteiger partial charge on any atom is -0.493 e. The van der Waals surface area contributed by atoms with E-state index in [0.29, 0.717) is 21.2 Å². The summed E-state index contributed by atoms with van der Waals surface area (Å²) in [7, 11) is 4.31. The molecular weight excluding hydrogens is 747 g/mol. The number of aryl methyl sites for hydroxylation is 2. The molecule has 12 nitrogen and oxygen atoms in total. The van der Waals surface area contributed by atoms with Crippen molar-refractivity contribution in [2.75, 3.05) is 7.11 Å². The zero-order chi connectivity index (χ0) is 36.0. The van der Waals surface area contributed by atoms with Crippen molar-refractivity contribution in [3.8, 4) is 17.5 Å². The number of nitrogens with zero attached hydrogens (tertiary/aromatic N) is 5. The molecule has 5 aromatic rings. The largest absolute Gasteiger partial charge is 0.493 e. The highest BCUT2D eigenvalue weighted by Gasteiger charge is 2.34. The van der Waals surface area contributed by atoms with E-state index >= 15 is 0 Å². The second-order valence-corrected chi connectivity index (χ2v) is 14.0. The Bertz CT molecular complexity index is 2420. The van der Waals surface area contributed by atoms with Crippen molar-refractivity contribution in [2.45, 2.75) is 13.5 Å². The SMILES string of the molecule is COc1cc(C=C2SC(=S)N(NC(=O)c3ccc(C)cc3Cl)C2=O)ccc1Oc1nc2c(c(=O)n(C)c(=O)n2C)n1Cc1ccc(Cl)cc1Cl. The number of hydrogen-bond donors (Lipinski definition) is 1. The summed E-state index contributed by atoms with van der Waals surface area (Å²) in [5.74, 6) is -0.628. The Morgan fingerprint density at radius 3 is 2.44 bits per heavy atom. The van der Waals surface area contributed by atoms with Crippen LogP contribution in [0.1, 0.15) is 27.0 Å². The molecule has 3 heterocycles. The van der Waals surface area contributed by atoms with Gasteiger partial charge < -0.3 is 9.47 Å². The molecule has 17 heteroatoms. The molecule has 6 rings (SSSR count). The number of fused-ring (bicyclic) bond motifs is 1. The maximum Gasteiger partial charge on any atom is 0.332 e. The smallest absolute Gasteiger partial charge is 0.332 e. The Morgan fingerprint density at radius 2 is 1.74 bits per heavy atom. The number of imidazole rings is 1. The van der Waals surface area contributed by atoms with Crippen LogP contribution >= 0.6 is 58.8 Å². The minimum atomic E-state index is -0.585. The van der Waals surface area contributed by atoms with Gasteiger partial charge in [-0.05, 0) is 78.3 Å². The number of nitrogens with one attached hydrogen (secondary N) is 1. The normalized spacial score (nSPS) is 13.8. The fourth-order valence-corrected chi connectivity index (χ4v) is 7.08. The Morgan fingerprint density at radius 1 is 0.980 bits per heavy atom. The van der Waals surface area contributed by atoms with Crippen molar-refractivity contribution < 1.29 is 19.1 Å². The van der Waals surface area contributed by atoms with Crippen LogP contribution in [0.5, 0.6) is 17.5 Å². The topological polar surface area (TPSA) is 130 Å². The molecule has 0 saturated carbocycles. The Hall–Kier alpha value is -4.60. The summed E-state index contributed by atoms with van der Waals surface area (Å²) in [4.78, 5) is 57.0. The summed E-state index contributed by atoms with van der Waals surface area (Å²) in [6, 6.07) is 14.8. The summed E-state index contributed by atoms with van der Waals surface area (Å²) >= 11 is 25.2. The number of carbonyl (C=O) groups excluding carboxylic acids is 2. The second kappa shape index (κ2) is 14.0. The lowest BCUT2D eigenvalue weighted by Gasteiger charge is -2.16. The third-order valence-electron chi connectivity index (χ3n) is 7.72. The molecule has 1 aliphatic heterocycles. The van der Waals surface area contributed by atoms with E-state index in [1.54, 1.807) is 60.7 Å². The first kappa shape index (κ1) is 35.2. The van der Waals surface area contributed by atoms with Gasteiger partial charge in [0.05, 0.1) is 29.1 Å². The van der Waals surface area contributed by atoms with Crippen molar-refractivity contribution in [2.24, 2.45) is 14.1 Å². The zero-order valence-electron chi connectivity index (χ0n) is 26.6. The molecule has 0 spiro atoms. The molecule has 1 aliphatic rings. The van der Waals surface area contributed by atoms with E-state index in [0.717, 1.165) is 26.9 Å². The van der Waals surface area contributed by atoms with Crippen LogP contribution in [0.3, 0.4) is 0 Å². The van der Waals surface area contributed by atoms with E-state index in [4.69, 9.17) is 56.5 Å². The molecule has 3 aromatic carbocycles. The van der Waals surface area contributed by atoms with Crippen molar-refractivity contribution in [1.29, 1.82) is 0 Å². The predicted molar refractivity (Wildman–Crippen MR) is 198 cm³/mol. The van der Waals surface area contributed by atoms with Crippen LogP contribution in [0.15, 0.2) is 69.1 Å². The van der Waals surface area contributed by atoms with Crippen LogP contribution in [0, 0.1) is 6.92 Å². The number of methoxy groups -OCH3 is 1. The fourth-order valence-electron chi connectivity index (χ4n) is 5.11. The highest BCUT2D eigenvalue weighted by Crippen LogP contribution is 2.37. The van der Waals surface area contributed by atoms with Crippen LogP contribution in [0.4, 0.5) is 0 Å². The Labute approximate surface area is 308 Å². The van der Waals surface area contributed by atoms with Crippen LogP contribution in [0.25, 0.3) is 17.2 Å². The predicted octanol–water partition coefficient (Wildman–Crippen LogP) is 6.10. The van der Waals surface area contributed by atoms with E-state index < -0.39 is 23.1 Å². The standard InChI is InChI=1S/C33H25Cl3N6O6S2/c1-16-5-9-20(22(36)11-16)28(43)38-42-29(44)25(50-33(42)49)13-17-6-10-23(24(12-17)47-4)48-31-37-27-26(30(45)40(3)32(46)39(27)2)41(31)15-18-7-8-19(34)14-21(18)35/h5-14H,15H2,1-4H3,(H,38,43). The molecule has 2 amide bonds. The number of hydrogen-bond acceptors (Lipinski definition) is 9. The van der Waals surface area contributed by atoms with Crippen LogP contribution in [0.2, 0.25) is 15.1 Å². The number of thioether (sulfide) groups is 1. The number of ether oxygens (including phenoxy) is 2. The number of halogens is 3. The number of rotatable bonds is 8. The lowest BCUT2D eigenvalue weighted by molar-refractivity contribution is -0.123. The molecule has 0 bridgehead atoms. The average molecular weight is 772 g/mol. The van der Waals surface area contributed by atoms with Gasteiger partial charge in [-0.15, -0.1) is 0 Å². The quantitative estimate of drug-likeness (QED) is 0.147. The monoisotopic (exact) mass is 770 g/mol. The molecule has 1 N–H and O–H groups in total. The van der Waals surface area contributed by atoms with Crippen LogP contribution in [-0.4, -0.2) is 46.9 Å². The van der Waals surface area contributed by atoms with Crippen molar-refractivity contribution in [1.82, 2.24) is 29.1 Å². The van der Waals surface area contributed by atoms with Gasteiger partial charge in [0.15, 0.2) is 27.0 Å². The Balaban J connectivity index is 1.31. The van der Waals surface area contributed by atoms with E-state index in [2.05, 4.69) is 10.4 Å². The molecule has 0 unspecified atom stereocenters. The molecule has 1 fully saturated rings. The highest BCUT2D eigenvalue weighted by molar-refractivity contribution is 8.26. The molecule has 0 radical (unpaired) electrons.